The van der Waals surface area contributed by atoms with Crippen molar-refractivity contribution in [2.24, 2.45) is 17.8 Å². The van der Waals surface area contributed by atoms with Crippen molar-refractivity contribution in [1.82, 2.24) is 4.90 Å². The summed E-state index contributed by atoms with van der Waals surface area (Å²) in [6.45, 7) is 2.91. The van der Waals surface area contributed by atoms with Crippen LogP contribution in [-0.4, -0.2) is 47.5 Å². The van der Waals surface area contributed by atoms with E-state index in [0.717, 1.165) is 12.8 Å². The van der Waals surface area contributed by atoms with Crippen LogP contribution in [0.2, 0.25) is 0 Å². The first kappa shape index (κ1) is 15.8. The van der Waals surface area contributed by atoms with Crippen molar-refractivity contribution < 1.29 is 24.2 Å². The number of hydrogen-bond acceptors (Lipinski definition) is 4. The zero-order valence-corrected chi connectivity index (χ0v) is 12.4. The second-order valence-corrected chi connectivity index (χ2v) is 5.91. The van der Waals surface area contributed by atoms with Crippen molar-refractivity contribution in [1.29, 1.82) is 0 Å². The molecule has 0 aromatic carbocycles. The predicted octanol–water partition coefficient (Wildman–Crippen LogP) is 1.92. The number of rotatable bonds is 6. The number of piperidine rings is 1. The molecule has 2 fully saturated rings. The molecule has 6 nitrogen and oxygen atoms in total. The summed E-state index contributed by atoms with van der Waals surface area (Å²) in [7, 11) is 0. The first-order chi connectivity index (χ1) is 10.0. The second kappa shape index (κ2) is 6.91. The zero-order chi connectivity index (χ0) is 15.4. The third-order valence-electron chi connectivity index (χ3n) is 4.42. The number of ether oxygens (including phenoxy) is 1. The third-order valence-corrected chi connectivity index (χ3v) is 4.42. The first-order valence-corrected chi connectivity index (χ1v) is 7.70. The van der Waals surface area contributed by atoms with Crippen LogP contribution in [-0.2, 0) is 14.3 Å². The van der Waals surface area contributed by atoms with Gasteiger partial charge in [0.25, 0.3) is 0 Å². The number of nitrogens with zero attached hydrogens (tertiary/aromatic N) is 1. The summed E-state index contributed by atoms with van der Waals surface area (Å²) in [5, 5.41) is 8.96. The fourth-order valence-corrected chi connectivity index (χ4v) is 2.97. The Labute approximate surface area is 124 Å². The Hall–Kier alpha value is -1.59. The average Bonchev–Trinajstić information content (AvgIpc) is 3.29. The highest BCUT2D eigenvalue weighted by Crippen LogP contribution is 2.35. The number of ketones is 1. The van der Waals surface area contributed by atoms with Gasteiger partial charge in [0.2, 0.25) is 0 Å². The van der Waals surface area contributed by atoms with Crippen LogP contribution in [0.1, 0.15) is 39.0 Å². The lowest BCUT2D eigenvalue weighted by atomic mass is 9.81. The van der Waals surface area contributed by atoms with Gasteiger partial charge in [-0.25, -0.2) is 4.79 Å². The van der Waals surface area contributed by atoms with Gasteiger partial charge in [-0.15, -0.1) is 0 Å². The lowest BCUT2D eigenvalue weighted by Gasteiger charge is -2.33. The molecule has 1 N–H and O–H groups in total. The summed E-state index contributed by atoms with van der Waals surface area (Å²) >= 11 is 0. The molecule has 1 saturated carbocycles. The highest BCUT2D eigenvalue weighted by molar-refractivity contribution is 5.87. The summed E-state index contributed by atoms with van der Waals surface area (Å²) in [5.41, 5.74) is 0. The van der Waals surface area contributed by atoms with Gasteiger partial charge in [0, 0.05) is 25.4 Å². The smallest absolute Gasteiger partial charge is 0.407 e. The monoisotopic (exact) mass is 297 g/mol. The Morgan fingerprint density at radius 1 is 1.19 bits per heavy atom. The maximum Gasteiger partial charge on any atom is 0.407 e. The molecule has 1 saturated heterocycles. The van der Waals surface area contributed by atoms with E-state index >= 15 is 0 Å². The molecule has 2 aliphatic rings. The van der Waals surface area contributed by atoms with Gasteiger partial charge in [-0.3, -0.25) is 9.59 Å². The first-order valence-electron chi connectivity index (χ1n) is 7.70. The normalized spacial score (nSPS) is 20.9. The molecule has 1 heterocycles. The van der Waals surface area contributed by atoms with Gasteiger partial charge < -0.3 is 14.7 Å². The standard InChI is InChI=1S/C15H23NO5/c1-2-21-14(18)12(9-13(17)11-3-4-11)10-5-7-16(8-6-10)15(19)20/h10-12H,2-9H2,1H3,(H,19,20). The van der Waals surface area contributed by atoms with Crippen LogP contribution in [0.5, 0.6) is 0 Å². The molecule has 1 aliphatic heterocycles. The minimum absolute atomic E-state index is 0.0438. The molecule has 2 rings (SSSR count). The van der Waals surface area contributed by atoms with Gasteiger partial charge in [-0.05, 0) is 38.5 Å². The van der Waals surface area contributed by atoms with Crippen molar-refractivity contribution in [3.63, 3.8) is 0 Å². The molecule has 6 heteroatoms. The van der Waals surface area contributed by atoms with E-state index in [1.54, 1.807) is 6.92 Å². The highest BCUT2D eigenvalue weighted by Gasteiger charge is 2.38. The predicted molar refractivity (Wildman–Crippen MR) is 74.8 cm³/mol. The largest absolute Gasteiger partial charge is 0.466 e. The maximum absolute atomic E-state index is 12.1. The van der Waals surface area contributed by atoms with Crippen LogP contribution in [0.3, 0.4) is 0 Å². The molecular weight excluding hydrogens is 274 g/mol. The van der Waals surface area contributed by atoms with E-state index in [0.29, 0.717) is 32.5 Å². The Kier molecular flexibility index (Phi) is 5.20. The van der Waals surface area contributed by atoms with Gasteiger partial charge in [0.05, 0.1) is 12.5 Å². The lowest BCUT2D eigenvalue weighted by molar-refractivity contribution is -0.152. The van der Waals surface area contributed by atoms with Gasteiger partial charge in [-0.1, -0.05) is 0 Å². The van der Waals surface area contributed by atoms with E-state index < -0.39 is 12.0 Å². The fraction of sp³-hybridized carbons (Fsp3) is 0.800. The minimum atomic E-state index is -0.921. The Balaban J connectivity index is 1.96. The molecule has 1 amide bonds. The summed E-state index contributed by atoms with van der Waals surface area (Å²) in [6.07, 6.45) is 2.44. The number of esters is 1. The number of Topliss-reactive ketones (excluding diaryl/α,β-unsaturated/α-hetero) is 1. The Morgan fingerprint density at radius 3 is 2.29 bits per heavy atom. The molecule has 0 aromatic rings. The number of hydrogen-bond donors (Lipinski definition) is 1. The molecule has 118 valence electrons. The lowest BCUT2D eigenvalue weighted by Crippen LogP contribution is -2.41. The molecular formula is C15H23NO5. The molecule has 21 heavy (non-hydrogen) atoms. The second-order valence-electron chi connectivity index (χ2n) is 5.91. The minimum Gasteiger partial charge on any atom is -0.466 e. The number of carboxylic acid groups (broad SMARTS) is 1. The van der Waals surface area contributed by atoms with Crippen molar-refractivity contribution in [2.75, 3.05) is 19.7 Å². The van der Waals surface area contributed by atoms with E-state index in [1.807, 2.05) is 0 Å². The van der Waals surface area contributed by atoms with E-state index in [1.165, 1.54) is 4.90 Å². The van der Waals surface area contributed by atoms with E-state index in [9.17, 15) is 14.4 Å². The quantitative estimate of drug-likeness (QED) is 0.757. The topological polar surface area (TPSA) is 83.9 Å². The number of carbonyl (C=O) groups is 3. The number of carbonyl (C=O) groups excluding carboxylic acids is 2. The zero-order valence-electron chi connectivity index (χ0n) is 12.4. The van der Waals surface area contributed by atoms with Gasteiger partial charge in [0.15, 0.2) is 0 Å². The Bertz CT molecular complexity index is 410. The summed E-state index contributed by atoms with van der Waals surface area (Å²) < 4.78 is 5.11. The summed E-state index contributed by atoms with van der Waals surface area (Å²) in [5.74, 6) is -0.369. The number of likely N-dealkylation sites (tertiary alicyclic amines) is 1. The van der Waals surface area contributed by atoms with Gasteiger partial charge in [-0.2, -0.15) is 0 Å². The number of amides is 1. The van der Waals surface area contributed by atoms with E-state index in [2.05, 4.69) is 0 Å². The van der Waals surface area contributed by atoms with Gasteiger partial charge >= 0.3 is 12.1 Å². The third kappa shape index (κ3) is 4.19. The van der Waals surface area contributed by atoms with Crippen LogP contribution < -0.4 is 0 Å². The van der Waals surface area contributed by atoms with Crippen molar-refractivity contribution in [2.45, 2.75) is 39.0 Å². The molecule has 0 spiro atoms. The molecule has 1 atom stereocenters. The molecule has 0 radical (unpaired) electrons. The summed E-state index contributed by atoms with van der Waals surface area (Å²) in [4.78, 5) is 36.4. The molecule has 1 unspecified atom stereocenters. The fourth-order valence-electron chi connectivity index (χ4n) is 2.97. The molecule has 0 bridgehead atoms. The Morgan fingerprint density at radius 2 is 1.81 bits per heavy atom. The van der Waals surface area contributed by atoms with Crippen molar-refractivity contribution in [3.8, 4) is 0 Å². The SMILES string of the molecule is CCOC(=O)C(CC(=O)C1CC1)C1CCN(C(=O)O)CC1. The van der Waals surface area contributed by atoms with Crippen molar-refractivity contribution in [3.05, 3.63) is 0 Å². The van der Waals surface area contributed by atoms with Crippen LogP contribution >= 0.6 is 0 Å². The maximum atomic E-state index is 12.1. The molecule has 0 aromatic heterocycles. The van der Waals surface area contributed by atoms with Crippen LogP contribution in [0.25, 0.3) is 0 Å². The van der Waals surface area contributed by atoms with Crippen molar-refractivity contribution >= 4 is 17.8 Å². The van der Waals surface area contributed by atoms with Gasteiger partial charge in [0.1, 0.15) is 5.78 Å². The van der Waals surface area contributed by atoms with E-state index in [-0.39, 0.29) is 30.0 Å². The van der Waals surface area contributed by atoms with Crippen LogP contribution in [0.4, 0.5) is 4.79 Å². The summed E-state index contributed by atoms with van der Waals surface area (Å²) in [6, 6.07) is 0. The molecule has 1 aliphatic carbocycles. The van der Waals surface area contributed by atoms with Crippen LogP contribution in [0.15, 0.2) is 0 Å². The average molecular weight is 297 g/mol. The van der Waals surface area contributed by atoms with E-state index in [4.69, 9.17) is 9.84 Å². The van der Waals surface area contributed by atoms with Crippen LogP contribution in [0, 0.1) is 17.8 Å². The highest BCUT2D eigenvalue weighted by atomic mass is 16.5.